The first kappa shape index (κ1) is 36.2. The van der Waals surface area contributed by atoms with Crippen molar-refractivity contribution in [1.82, 2.24) is 0 Å². The summed E-state index contributed by atoms with van der Waals surface area (Å²) in [5.41, 5.74) is 6.73. The standard InChI is InChI=1S/C12H25NO.C9H7.C2H6Si.2ClH.Ti/c1-2-3-4-5-6-7-8-9-10-11-12(13)14;1-2-5-9-7-3-6-8(9)4-1;1-3-2;;;/h2-11H2,1H3,(H2,13,14);1-7H;1-2H3;2*1H;/q;-1;;;;+4/p-3. The average molecular weight is 490 g/mol. The molecular weight excluding hydrogens is 453 g/mol. The minimum Gasteiger partial charge on any atom is -1.00 e. The van der Waals surface area contributed by atoms with E-state index in [1.165, 1.54) is 55.7 Å². The van der Waals surface area contributed by atoms with Gasteiger partial charge in [-0.2, -0.15) is 17.5 Å². The third-order valence-corrected chi connectivity index (χ3v) is 4.05. The summed E-state index contributed by atoms with van der Waals surface area (Å²) < 4.78 is 0. The van der Waals surface area contributed by atoms with E-state index in [1.54, 1.807) is 0 Å². The van der Waals surface area contributed by atoms with Crippen LogP contribution in [0.5, 0.6) is 0 Å². The van der Waals surface area contributed by atoms with Gasteiger partial charge in [0, 0.05) is 15.4 Å². The molecule has 1 amide bonds. The molecule has 6 heteroatoms. The molecule has 0 aliphatic carbocycles. The maximum atomic E-state index is 10.3. The summed E-state index contributed by atoms with van der Waals surface area (Å²) in [6, 6.07) is 14.7. The molecule has 0 aliphatic rings. The van der Waals surface area contributed by atoms with E-state index < -0.39 is 5.91 Å². The van der Waals surface area contributed by atoms with Gasteiger partial charge in [-0.3, -0.25) is 0 Å². The Hall–Kier alpha value is -0.189. The van der Waals surface area contributed by atoms with Crippen molar-refractivity contribution >= 4 is 26.2 Å². The van der Waals surface area contributed by atoms with Gasteiger partial charge < -0.3 is 35.3 Å². The Labute approximate surface area is 209 Å². The second kappa shape index (κ2) is 27.8. The second-order valence-corrected chi connectivity index (χ2v) is 7.66. The summed E-state index contributed by atoms with van der Waals surface area (Å²) in [5, 5.41) is 2.66. The largest absolute Gasteiger partial charge is 4.00 e. The molecule has 0 fully saturated rings. The third-order valence-electron chi connectivity index (χ3n) is 4.05. The summed E-state index contributed by atoms with van der Waals surface area (Å²) in [5.74, 6) is -0.409. The molecule has 0 saturated carbocycles. The van der Waals surface area contributed by atoms with Crippen molar-refractivity contribution in [1.29, 1.82) is 0 Å². The van der Waals surface area contributed by atoms with Gasteiger partial charge in [-0.15, -0.1) is 29.7 Å². The van der Waals surface area contributed by atoms with Crippen LogP contribution < -0.4 is 24.8 Å². The zero-order valence-electron chi connectivity index (χ0n) is 18.3. The van der Waals surface area contributed by atoms with Crippen LogP contribution >= 0.6 is 0 Å². The second-order valence-electron chi connectivity index (χ2n) is 6.66. The van der Waals surface area contributed by atoms with Crippen molar-refractivity contribution < 1.29 is 51.3 Å². The maximum Gasteiger partial charge on any atom is 4.00 e. The number of unbranched alkanes of at least 4 members (excludes halogenated alkanes) is 8. The molecule has 0 bridgehead atoms. The first-order valence-corrected chi connectivity index (χ1v) is 12.1. The van der Waals surface area contributed by atoms with E-state index >= 15 is 0 Å². The van der Waals surface area contributed by atoms with E-state index in [0.717, 1.165) is 22.4 Å². The number of nitrogens with one attached hydrogen (secondary N) is 1. The SMILES string of the molecule is CCCCCCCCCCCC([NH-])=O.C[Si]C.[Cl-].[Cl-].[Ti+4].c1ccc2[cH-]ccc2c1. The van der Waals surface area contributed by atoms with Gasteiger partial charge in [0.25, 0.3) is 0 Å². The molecule has 2 nitrogen and oxygen atoms in total. The smallest absolute Gasteiger partial charge is 1.00 e. The average Bonchev–Trinajstić information content (AvgIpc) is 3.10. The fourth-order valence-electron chi connectivity index (χ4n) is 2.67. The van der Waals surface area contributed by atoms with Gasteiger partial charge in [0.15, 0.2) is 0 Å². The molecule has 0 spiro atoms. The molecule has 162 valence electrons. The van der Waals surface area contributed by atoms with Crippen LogP contribution in [0.4, 0.5) is 0 Å². The van der Waals surface area contributed by atoms with Crippen molar-refractivity contribution in [3.8, 4) is 0 Å². The van der Waals surface area contributed by atoms with Crippen molar-refractivity contribution in [3.63, 3.8) is 0 Å². The Kier molecular flexibility index (Phi) is 34.7. The Bertz CT molecular complexity index is 536. The first-order valence-electron chi connectivity index (χ1n) is 10.1. The molecule has 2 rings (SSSR count). The van der Waals surface area contributed by atoms with Gasteiger partial charge in [0.2, 0.25) is 0 Å². The van der Waals surface area contributed by atoms with Gasteiger partial charge in [0.05, 0.1) is 0 Å². The zero-order valence-corrected chi connectivity index (χ0v) is 22.4. The third kappa shape index (κ3) is 24.0. The van der Waals surface area contributed by atoms with Crippen LogP contribution in [0.15, 0.2) is 42.5 Å². The van der Waals surface area contributed by atoms with Crippen LogP contribution in [0, 0.1) is 0 Å². The summed E-state index contributed by atoms with van der Waals surface area (Å²) in [4.78, 5) is 10.3. The molecule has 1 N–H and O–H groups in total. The van der Waals surface area contributed by atoms with Crippen molar-refractivity contribution in [2.45, 2.75) is 84.2 Å². The molecule has 0 unspecified atom stereocenters. The van der Waals surface area contributed by atoms with Crippen LogP contribution in [-0.4, -0.2) is 15.4 Å². The maximum absolute atomic E-state index is 10.3. The number of carbonyl (C=O) groups is 1. The molecule has 29 heavy (non-hydrogen) atoms. The van der Waals surface area contributed by atoms with Crippen molar-refractivity contribution in [3.05, 3.63) is 48.2 Å². The fraction of sp³-hybridized carbons (Fsp3) is 0.565. The summed E-state index contributed by atoms with van der Waals surface area (Å²) in [7, 11) is 1.08. The van der Waals surface area contributed by atoms with Gasteiger partial charge in [0.1, 0.15) is 0 Å². The van der Waals surface area contributed by atoms with E-state index in [9.17, 15) is 4.79 Å². The molecular formula is C23H37Cl2NOSiTi. The number of fused-ring (bicyclic) bond motifs is 1. The molecule has 0 atom stereocenters. The van der Waals surface area contributed by atoms with Gasteiger partial charge in [-0.1, -0.05) is 77.5 Å². The van der Waals surface area contributed by atoms with E-state index in [1.807, 2.05) is 0 Å². The number of hydrogen-bond donors (Lipinski definition) is 0. The monoisotopic (exact) mass is 489 g/mol. The van der Waals surface area contributed by atoms with E-state index in [2.05, 4.69) is 62.5 Å². The molecule has 2 aromatic rings. The Morgan fingerprint density at radius 2 is 1.38 bits per heavy atom. The van der Waals surface area contributed by atoms with Crippen LogP contribution in [0.2, 0.25) is 13.1 Å². The van der Waals surface area contributed by atoms with E-state index in [0.29, 0.717) is 6.42 Å². The van der Waals surface area contributed by atoms with Crippen LogP contribution in [0.1, 0.15) is 71.1 Å². The zero-order chi connectivity index (χ0) is 19.5. The molecule has 0 aliphatic heterocycles. The molecule has 0 heterocycles. The summed E-state index contributed by atoms with van der Waals surface area (Å²) in [6.45, 7) is 6.54. The van der Waals surface area contributed by atoms with Crippen molar-refractivity contribution in [2.75, 3.05) is 0 Å². The molecule has 2 radical (unpaired) electrons. The number of rotatable bonds is 10. The quantitative estimate of drug-likeness (QED) is 0.285. The van der Waals surface area contributed by atoms with Gasteiger partial charge in [-0.25, -0.2) is 0 Å². The predicted molar refractivity (Wildman–Crippen MR) is 118 cm³/mol. The van der Waals surface area contributed by atoms with E-state index in [4.69, 9.17) is 5.73 Å². The number of hydrogen-bond acceptors (Lipinski definition) is 1. The molecule has 2 aromatic carbocycles. The Balaban J connectivity index is -0.000000180. The Morgan fingerprint density at radius 3 is 1.86 bits per heavy atom. The first-order chi connectivity index (χ1) is 12.7. The topological polar surface area (TPSA) is 40.9 Å². The fourth-order valence-corrected chi connectivity index (χ4v) is 2.67. The predicted octanol–water partition coefficient (Wildman–Crippen LogP) is 1.84. The Morgan fingerprint density at radius 1 is 0.897 bits per heavy atom. The number of halogens is 2. The minimum atomic E-state index is -0.409. The van der Waals surface area contributed by atoms with Gasteiger partial charge in [-0.05, 0) is 12.8 Å². The number of carbonyl (C=O) groups excluding carboxylic acids is 1. The van der Waals surface area contributed by atoms with Gasteiger partial charge >= 0.3 is 21.7 Å². The molecule has 0 saturated heterocycles. The summed E-state index contributed by atoms with van der Waals surface area (Å²) >= 11 is 0. The normalized spacial score (nSPS) is 8.79. The molecule has 0 aromatic heterocycles. The van der Waals surface area contributed by atoms with Crippen molar-refractivity contribution in [2.24, 2.45) is 0 Å². The number of amides is 1. The van der Waals surface area contributed by atoms with Crippen LogP contribution in [0.25, 0.3) is 16.5 Å². The van der Waals surface area contributed by atoms with Crippen LogP contribution in [-0.2, 0) is 26.5 Å². The number of benzene rings is 1. The van der Waals surface area contributed by atoms with Crippen LogP contribution in [0.3, 0.4) is 0 Å². The summed E-state index contributed by atoms with van der Waals surface area (Å²) in [6.07, 6.45) is 11.8. The van der Waals surface area contributed by atoms with E-state index in [-0.39, 0.29) is 46.5 Å². The minimum absolute atomic E-state index is 0.